The Labute approximate surface area is 123 Å². The van der Waals surface area contributed by atoms with Gasteiger partial charge in [0, 0.05) is 29.7 Å². The summed E-state index contributed by atoms with van der Waals surface area (Å²) in [5, 5.41) is 0.387. The fourth-order valence-corrected chi connectivity index (χ4v) is 3.71. The molecule has 0 radical (unpaired) electrons. The van der Waals surface area contributed by atoms with E-state index in [4.69, 9.17) is 0 Å². The molecule has 0 saturated carbocycles. The van der Waals surface area contributed by atoms with Crippen LogP contribution >= 0.6 is 11.8 Å². The molecule has 3 heteroatoms. The van der Waals surface area contributed by atoms with E-state index < -0.39 is 0 Å². The number of hydrogen-bond acceptors (Lipinski definition) is 2. The summed E-state index contributed by atoms with van der Waals surface area (Å²) >= 11 is 1.94. The Bertz CT molecular complexity index is 570. The van der Waals surface area contributed by atoms with Crippen molar-refractivity contribution >= 4 is 17.7 Å². The first-order chi connectivity index (χ1) is 9.84. The van der Waals surface area contributed by atoms with Crippen molar-refractivity contribution in [3.8, 4) is 0 Å². The van der Waals surface area contributed by atoms with E-state index in [1.165, 1.54) is 5.56 Å². The Kier molecular flexibility index (Phi) is 4.07. The number of hydrogen-bond donors (Lipinski definition) is 0. The van der Waals surface area contributed by atoms with Gasteiger partial charge in [-0.1, -0.05) is 48.5 Å². The Hall–Kier alpha value is -1.74. The fraction of sp³-hybridized carbons (Fsp3) is 0.235. The summed E-state index contributed by atoms with van der Waals surface area (Å²) in [5.74, 6) is 1.14. The summed E-state index contributed by atoms with van der Waals surface area (Å²) < 4.78 is 0. The van der Waals surface area contributed by atoms with E-state index in [2.05, 4.69) is 24.3 Å². The van der Waals surface area contributed by atoms with E-state index in [9.17, 15) is 4.79 Å². The van der Waals surface area contributed by atoms with Crippen molar-refractivity contribution in [1.29, 1.82) is 0 Å². The summed E-state index contributed by atoms with van der Waals surface area (Å²) in [6.45, 7) is 1.63. The van der Waals surface area contributed by atoms with E-state index in [-0.39, 0.29) is 5.91 Å². The average molecular weight is 283 g/mol. The lowest BCUT2D eigenvalue weighted by atomic mass is 10.1. The van der Waals surface area contributed by atoms with Crippen LogP contribution in [0.3, 0.4) is 0 Å². The molecule has 1 aliphatic heterocycles. The van der Waals surface area contributed by atoms with Crippen molar-refractivity contribution in [2.75, 3.05) is 18.8 Å². The second-order valence-electron chi connectivity index (χ2n) is 4.89. The molecule has 2 aromatic rings. The van der Waals surface area contributed by atoms with Crippen LogP contribution in [-0.2, 0) is 0 Å². The number of rotatable bonds is 2. The van der Waals surface area contributed by atoms with E-state index in [0.717, 1.165) is 24.4 Å². The number of amides is 1. The second-order valence-corrected chi connectivity index (χ2v) is 6.20. The van der Waals surface area contributed by atoms with Crippen molar-refractivity contribution in [3.05, 3.63) is 71.8 Å². The predicted octanol–water partition coefficient (Wildman–Crippen LogP) is 3.62. The van der Waals surface area contributed by atoms with E-state index in [1.807, 2.05) is 53.1 Å². The molecule has 2 aromatic carbocycles. The number of thioether (sulfide) groups is 1. The van der Waals surface area contributed by atoms with Crippen LogP contribution in [0.25, 0.3) is 0 Å². The van der Waals surface area contributed by atoms with Gasteiger partial charge in [0.2, 0.25) is 0 Å². The van der Waals surface area contributed by atoms with Crippen molar-refractivity contribution in [2.24, 2.45) is 0 Å². The van der Waals surface area contributed by atoms with Crippen LogP contribution in [0.2, 0.25) is 0 Å². The molecule has 0 spiro atoms. The molecule has 1 fully saturated rings. The smallest absolute Gasteiger partial charge is 0.253 e. The van der Waals surface area contributed by atoms with E-state index >= 15 is 0 Å². The molecule has 1 heterocycles. The van der Waals surface area contributed by atoms with Gasteiger partial charge in [0.25, 0.3) is 5.91 Å². The molecule has 1 saturated heterocycles. The molecule has 1 aliphatic rings. The highest BCUT2D eigenvalue weighted by Crippen LogP contribution is 2.33. The maximum Gasteiger partial charge on any atom is 0.253 e. The number of benzene rings is 2. The van der Waals surface area contributed by atoms with Crippen molar-refractivity contribution in [3.63, 3.8) is 0 Å². The van der Waals surface area contributed by atoms with Crippen LogP contribution in [0.5, 0.6) is 0 Å². The molecule has 0 aliphatic carbocycles. The topological polar surface area (TPSA) is 20.3 Å². The van der Waals surface area contributed by atoms with Gasteiger partial charge in [-0.2, -0.15) is 11.8 Å². The molecule has 0 aromatic heterocycles. The predicted molar refractivity (Wildman–Crippen MR) is 84.0 cm³/mol. The minimum atomic E-state index is 0.145. The van der Waals surface area contributed by atoms with Crippen LogP contribution in [0.4, 0.5) is 0 Å². The molecule has 0 N–H and O–H groups in total. The van der Waals surface area contributed by atoms with E-state index in [1.54, 1.807) is 0 Å². The number of carbonyl (C=O) groups excluding carboxylic acids is 1. The van der Waals surface area contributed by atoms with Gasteiger partial charge in [-0.15, -0.1) is 0 Å². The molecule has 0 bridgehead atoms. The minimum Gasteiger partial charge on any atom is -0.336 e. The standard InChI is InChI=1S/C17H17NOS/c19-17(15-9-5-2-6-10-15)18-11-12-20-16(13-18)14-7-3-1-4-8-14/h1-10,16H,11-13H2. The quantitative estimate of drug-likeness (QED) is 0.839. The SMILES string of the molecule is O=C(c1ccccc1)N1CCSC(c2ccccc2)C1. The van der Waals surface area contributed by atoms with Gasteiger partial charge in [0.05, 0.1) is 0 Å². The molecular formula is C17H17NOS. The van der Waals surface area contributed by atoms with Crippen molar-refractivity contribution in [1.82, 2.24) is 4.90 Å². The highest BCUT2D eigenvalue weighted by atomic mass is 32.2. The zero-order chi connectivity index (χ0) is 13.8. The maximum atomic E-state index is 12.5. The maximum absolute atomic E-state index is 12.5. The molecule has 1 unspecified atom stereocenters. The minimum absolute atomic E-state index is 0.145. The van der Waals surface area contributed by atoms with Crippen molar-refractivity contribution in [2.45, 2.75) is 5.25 Å². The van der Waals surface area contributed by atoms with Gasteiger partial charge >= 0.3 is 0 Å². The molecule has 1 atom stereocenters. The molecular weight excluding hydrogens is 266 g/mol. The van der Waals surface area contributed by atoms with Crippen LogP contribution in [0, 0.1) is 0 Å². The summed E-state index contributed by atoms with van der Waals surface area (Å²) in [7, 11) is 0. The Morgan fingerprint density at radius 2 is 1.65 bits per heavy atom. The first-order valence-corrected chi connectivity index (χ1v) is 7.90. The zero-order valence-corrected chi connectivity index (χ0v) is 12.1. The Morgan fingerprint density at radius 1 is 1.00 bits per heavy atom. The Morgan fingerprint density at radius 3 is 2.35 bits per heavy atom. The third-order valence-electron chi connectivity index (χ3n) is 3.55. The van der Waals surface area contributed by atoms with Crippen LogP contribution in [-0.4, -0.2) is 29.6 Å². The van der Waals surface area contributed by atoms with Gasteiger partial charge in [0.1, 0.15) is 0 Å². The highest BCUT2D eigenvalue weighted by Gasteiger charge is 2.25. The lowest BCUT2D eigenvalue weighted by Gasteiger charge is -2.32. The summed E-state index contributed by atoms with van der Waals surface area (Å²) in [4.78, 5) is 14.5. The van der Waals surface area contributed by atoms with Crippen LogP contribution in [0.1, 0.15) is 21.2 Å². The third kappa shape index (κ3) is 2.88. The van der Waals surface area contributed by atoms with Gasteiger partial charge in [-0.3, -0.25) is 4.79 Å². The van der Waals surface area contributed by atoms with Gasteiger partial charge in [0.15, 0.2) is 0 Å². The second kappa shape index (κ2) is 6.14. The summed E-state index contributed by atoms with van der Waals surface area (Å²) in [5.41, 5.74) is 2.09. The van der Waals surface area contributed by atoms with Gasteiger partial charge < -0.3 is 4.90 Å². The number of carbonyl (C=O) groups is 1. The monoisotopic (exact) mass is 283 g/mol. The normalized spacial score (nSPS) is 18.8. The summed E-state index contributed by atoms with van der Waals surface area (Å²) in [6, 6.07) is 20.0. The van der Waals surface area contributed by atoms with Gasteiger partial charge in [-0.25, -0.2) is 0 Å². The first kappa shape index (κ1) is 13.3. The van der Waals surface area contributed by atoms with E-state index in [0.29, 0.717) is 5.25 Å². The summed E-state index contributed by atoms with van der Waals surface area (Å²) in [6.07, 6.45) is 0. The van der Waals surface area contributed by atoms with Crippen molar-refractivity contribution < 1.29 is 4.79 Å². The largest absolute Gasteiger partial charge is 0.336 e. The molecule has 2 nitrogen and oxygen atoms in total. The molecule has 20 heavy (non-hydrogen) atoms. The molecule has 3 rings (SSSR count). The van der Waals surface area contributed by atoms with Crippen LogP contribution < -0.4 is 0 Å². The lowest BCUT2D eigenvalue weighted by molar-refractivity contribution is 0.0761. The average Bonchev–Trinajstić information content (AvgIpc) is 2.56. The Balaban J connectivity index is 1.74. The molecule has 102 valence electrons. The lowest BCUT2D eigenvalue weighted by Crippen LogP contribution is -2.39. The van der Waals surface area contributed by atoms with Gasteiger partial charge in [-0.05, 0) is 17.7 Å². The first-order valence-electron chi connectivity index (χ1n) is 6.85. The highest BCUT2D eigenvalue weighted by molar-refractivity contribution is 7.99. The third-order valence-corrected chi connectivity index (χ3v) is 4.79. The van der Waals surface area contributed by atoms with Crippen LogP contribution in [0.15, 0.2) is 60.7 Å². The molecule has 1 amide bonds. The zero-order valence-electron chi connectivity index (χ0n) is 11.2. The fourth-order valence-electron chi connectivity index (χ4n) is 2.47. The number of nitrogens with zero attached hydrogens (tertiary/aromatic N) is 1.